The smallest absolute Gasteiger partial charge is 0.263 e. The highest BCUT2D eigenvalue weighted by Gasteiger charge is 2.19. The van der Waals surface area contributed by atoms with E-state index in [-0.39, 0.29) is 11.7 Å². The van der Waals surface area contributed by atoms with Crippen molar-refractivity contribution in [3.8, 4) is 0 Å². The lowest BCUT2D eigenvalue weighted by molar-refractivity contribution is 0.0315. The van der Waals surface area contributed by atoms with Gasteiger partial charge in [0.15, 0.2) is 5.16 Å². The van der Waals surface area contributed by atoms with E-state index in [9.17, 15) is 4.79 Å². The Labute approximate surface area is 178 Å². The number of aryl methyl sites for hydroxylation is 1. The number of ether oxygens (including phenoxy) is 1. The van der Waals surface area contributed by atoms with E-state index < -0.39 is 0 Å². The lowest BCUT2D eigenvalue weighted by Crippen LogP contribution is -2.24. The van der Waals surface area contributed by atoms with Gasteiger partial charge in [-0.1, -0.05) is 53.7 Å². The molecule has 1 fully saturated rings. The quantitative estimate of drug-likeness (QED) is 0.456. The number of hydrogen-bond donors (Lipinski definition) is 0. The molecule has 0 radical (unpaired) electrons. The van der Waals surface area contributed by atoms with Crippen molar-refractivity contribution in [3.63, 3.8) is 0 Å². The molecule has 0 N–H and O–H groups in total. The Balaban J connectivity index is 1.59. The van der Waals surface area contributed by atoms with Gasteiger partial charge in [0.05, 0.1) is 23.6 Å². The summed E-state index contributed by atoms with van der Waals surface area (Å²) in [5.74, 6) is 1.41. The first-order valence-corrected chi connectivity index (χ1v) is 11.4. The highest BCUT2D eigenvalue weighted by Crippen LogP contribution is 2.25. The van der Waals surface area contributed by atoms with Gasteiger partial charge in [-0.3, -0.25) is 13.8 Å². The standard InChI is InChI=1S/C23H24N4O2S/c1-16-9-11-17(12-10-16)14-26-21(28)19-7-2-3-8-20(19)27-22(26)24-25-23(27)30-15-18-6-4-5-13-29-18/h2-3,7-12,18H,4-6,13-15H2,1H3/t18-/m1/s1. The summed E-state index contributed by atoms with van der Waals surface area (Å²) in [6.45, 7) is 3.36. The molecule has 0 bridgehead atoms. The third-order valence-corrected chi connectivity index (χ3v) is 6.67. The van der Waals surface area contributed by atoms with E-state index in [0.717, 1.165) is 41.4 Å². The predicted molar refractivity (Wildman–Crippen MR) is 119 cm³/mol. The largest absolute Gasteiger partial charge is 0.377 e. The Morgan fingerprint density at radius 2 is 1.93 bits per heavy atom. The van der Waals surface area contributed by atoms with Crippen molar-refractivity contribution in [1.29, 1.82) is 0 Å². The zero-order valence-corrected chi connectivity index (χ0v) is 17.8. The number of para-hydroxylation sites is 1. The molecule has 2 aromatic heterocycles. The van der Waals surface area contributed by atoms with Crippen LogP contribution in [0.5, 0.6) is 0 Å². The normalized spacial score (nSPS) is 17.0. The summed E-state index contributed by atoms with van der Waals surface area (Å²) in [4.78, 5) is 13.3. The highest BCUT2D eigenvalue weighted by atomic mass is 32.2. The molecule has 4 aromatic rings. The van der Waals surface area contributed by atoms with Crippen LogP contribution in [0.4, 0.5) is 0 Å². The molecule has 0 amide bonds. The van der Waals surface area contributed by atoms with Crippen LogP contribution in [0, 0.1) is 6.92 Å². The van der Waals surface area contributed by atoms with Crippen LogP contribution in [0.2, 0.25) is 0 Å². The first-order valence-electron chi connectivity index (χ1n) is 10.4. The number of aromatic nitrogens is 4. The summed E-state index contributed by atoms with van der Waals surface area (Å²) in [5.41, 5.74) is 3.06. The van der Waals surface area contributed by atoms with Crippen LogP contribution in [0.3, 0.4) is 0 Å². The zero-order valence-electron chi connectivity index (χ0n) is 17.0. The summed E-state index contributed by atoms with van der Waals surface area (Å²) >= 11 is 1.65. The van der Waals surface area contributed by atoms with Crippen molar-refractivity contribution in [2.75, 3.05) is 12.4 Å². The van der Waals surface area contributed by atoms with Crippen LogP contribution >= 0.6 is 11.8 Å². The van der Waals surface area contributed by atoms with Gasteiger partial charge in [0, 0.05) is 12.4 Å². The third kappa shape index (κ3) is 3.63. The number of fused-ring (bicyclic) bond motifs is 3. The Morgan fingerprint density at radius 1 is 1.10 bits per heavy atom. The summed E-state index contributed by atoms with van der Waals surface area (Å²) < 4.78 is 9.61. The fourth-order valence-electron chi connectivity index (χ4n) is 3.95. The Bertz CT molecular complexity index is 1240. The lowest BCUT2D eigenvalue weighted by Gasteiger charge is -2.21. The summed E-state index contributed by atoms with van der Waals surface area (Å²) in [6, 6.07) is 15.9. The molecule has 0 saturated carbocycles. The Hall–Kier alpha value is -2.64. The maximum atomic E-state index is 13.3. The molecule has 30 heavy (non-hydrogen) atoms. The van der Waals surface area contributed by atoms with Gasteiger partial charge in [-0.15, -0.1) is 10.2 Å². The average Bonchev–Trinajstić information content (AvgIpc) is 3.21. The van der Waals surface area contributed by atoms with Crippen molar-refractivity contribution in [2.24, 2.45) is 0 Å². The molecule has 1 aliphatic heterocycles. The van der Waals surface area contributed by atoms with Crippen LogP contribution in [0.15, 0.2) is 58.5 Å². The molecule has 7 heteroatoms. The maximum absolute atomic E-state index is 13.3. The Kier molecular flexibility index (Phi) is 5.31. The summed E-state index contributed by atoms with van der Waals surface area (Å²) in [6.07, 6.45) is 3.69. The number of rotatable bonds is 5. The molecule has 154 valence electrons. The van der Waals surface area contributed by atoms with Crippen LogP contribution < -0.4 is 5.56 Å². The fraction of sp³-hybridized carbons (Fsp3) is 0.348. The number of nitrogens with zero attached hydrogens (tertiary/aromatic N) is 4. The average molecular weight is 421 g/mol. The fourth-order valence-corrected chi connectivity index (χ4v) is 4.96. The van der Waals surface area contributed by atoms with Crippen molar-refractivity contribution < 1.29 is 4.74 Å². The predicted octanol–water partition coefficient (Wildman–Crippen LogP) is 4.06. The maximum Gasteiger partial charge on any atom is 0.263 e. The number of thioether (sulfide) groups is 1. The van der Waals surface area contributed by atoms with E-state index in [0.29, 0.717) is 17.7 Å². The van der Waals surface area contributed by atoms with Gasteiger partial charge < -0.3 is 4.74 Å². The van der Waals surface area contributed by atoms with Crippen molar-refractivity contribution in [1.82, 2.24) is 19.2 Å². The molecule has 0 unspecified atom stereocenters. The second-order valence-electron chi connectivity index (χ2n) is 7.81. The minimum atomic E-state index is -0.0433. The molecule has 5 rings (SSSR count). The van der Waals surface area contributed by atoms with E-state index >= 15 is 0 Å². The van der Waals surface area contributed by atoms with Gasteiger partial charge in [-0.2, -0.15) is 0 Å². The third-order valence-electron chi connectivity index (χ3n) is 5.61. The minimum absolute atomic E-state index is 0.0433. The number of hydrogen-bond acceptors (Lipinski definition) is 5. The first-order chi connectivity index (χ1) is 14.7. The molecule has 0 spiro atoms. The second kappa shape index (κ2) is 8.24. The van der Waals surface area contributed by atoms with Crippen molar-refractivity contribution in [2.45, 2.75) is 44.0 Å². The molecular formula is C23H24N4O2S. The highest BCUT2D eigenvalue weighted by molar-refractivity contribution is 7.99. The second-order valence-corrected chi connectivity index (χ2v) is 8.80. The van der Waals surface area contributed by atoms with Crippen molar-refractivity contribution >= 4 is 28.4 Å². The van der Waals surface area contributed by atoms with E-state index in [1.54, 1.807) is 16.3 Å². The molecule has 1 aliphatic rings. The molecule has 1 saturated heterocycles. The molecular weight excluding hydrogens is 396 g/mol. The molecule has 3 heterocycles. The Morgan fingerprint density at radius 3 is 2.73 bits per heavy atom. The van der Waals surface area contributed by atoms with Crippen LogP contribution in [0.1, 0.15) is 30.4 Å². The van der Waals surface area contributed by atoms with Gasteiger partial charge in [-0.05, 0) is 43.9 Å². The van der Waals surface area contributed by atoms with E-state index in [1.165, 1.54) is 12.0 Å². The van der Waals surface area contributed by atoms with Crippen LogP contribution in [-0.2, 0) is 11.3 Å². The number of benzene rings is 2. The lowest BCUT2D eigenvalue weighted by atomic mass is 10.1. The summed E-state index contributed by atoms with van der Waals surface area (Å²) in [5, 5.41) is 10.3. The monoisotopic (exact) mass is 420 g/mol. The molecule has 0 aliphatic carbocycles. The zero-order chi connectivity index (χ0) is 20.5. The first kappa shape index (κ1) is 19.3. The SMILES string of the molecule is Cc1ccc(Cn2c(=O)c3ccccc3n3c(SC[C@H]4CCCCO4)nnc23)cc1. The van der Waals surface area contributed by atoms with Gasteiger partial charge in [-0.25, -0.2) is 0 Å². The van der Waals surface area contributed by atoms with Crippen molar-refractivity contribution in [3.05, 3.63) is 70.0 Å². The van der Waals surface area contributed by atoms with Gasteiger partial charge >= 0.3 is 0 Å². The van der Waals surface area contributed by atoms with Gasteiger partial charge in [0.2, 0.25) is 5.78 Å². The van der Waals surface area contributed by atoms with E-state index in [1.807, 2.05) is 28.7 Å². The topological polar surface area (TPSA) is 61.4 Å². The molecule has 2 aromatic carbocycles. The van der Waals surface area contributed by atoms with Crippen LogP contribution in [-0.4, -0.2) is 37.6 Å². The minimum Gasteiger partial charge on any atom is -0.377 e. The molecule has 1 atom stereocenters. The van der Waals surface area contributed by atoms with E-state index in [4.69, 9.17) is 4.74 Å². The van der Waals surface area contributed by atoms with Gasteiger partial charge in [0.1, 0.15) is 0 Å². The summed E-state index contributed by atoms with van der Waals surface area (Å²) in [7, 11) is 0. The molecule has 6 nitrogen and oxygen atoms in total. The van der Waals surface area contributed by atoms with E-state index in [2.05, 4.69) is 41.4 Å². The van der Waals surface area contributed by atoms with Gasteiger partial charge in [0.25, 0.3) is 5.56 Å². The van der Waals surface area contributed by atoms with Crippen LogP contribution in [0.25, 0.3) is 16.7 Å².